The van der Waals surface area contributed by atoms with E-state index in [2.05, 4.69) is 13.8 Å². The first-order valence-corrected chi connectivity index (χ1v) is 9.32. The standard InChI is InChI=1S/C20H28BNO3/c1-4-5-6-16-12-18(23)22(20(16)25)17-9-7-15(8-10-17)13(2)11-14(3)19(21)24/h7-10,13-14,16H,4-6,11-12,21H2,1-3H3. The Morgan fingerprint density at radius 3 is 2.44 bits per heavy atom. The summed E-state index contributed by atoms with van der Waals surface area (Å²) in [6.45, 7) is 6.14. The van der Waals surface area contributed by atoms with E-state index in [9.17, 15) is 14.4 Å². The summed E-state index contributed by atoms with van der Waals surface area (Å²) in [6, 6.07) is 7.63. The van der Waals surface area contributed by atoms with Crippen LogP contribution < -0.4 is 4.90 Å². The van der Waals surface area contributed by atoms with Crippen molar-refractivity contribution >= 4 is 31.0 Å². The number of carbonyl (C=O) groups excluding carboxylic acids is 3. The summed E-state index contributed by atoms with van der Waals surface area (Å²) in [7, 11) is 1.63. The van der Waals surface area contributed by atoms with Crippen molar-refractivity contribution in [1.29, 1.82) is 0 Å². The van der Waals surface area contributed by atoms with Gasteiger partial charge in [-0.3, -0.25) is 14.5 Å². The second-order valence-electron chi connectivity index (χ2n) is 7.35. The fourth-order valence-corrected chi connectivity index (χ4v) is 3.43. The minimum atomic E-state index is -0.164. The smallest absolute Gasteiger partial charge is 0.237 e. The lowest BCUT2D eigenvalue weighted by atomic mass is 9.82. The Balaban J connectivity index is 2.08. The zero-order valence-corrected chi connectivity index (χ0v) is 15.7. The number of nitrogens with zero attached hydrogens (tertiary/aromatic N) is 1. The van der Waals surface area contributed by atoms with E-state index in [4.69, 9.17) is 0 Å². The first-order valence-electron chi connectivity index (χ1n) is 9.32. The number of hydrogen-bond donors (Lipinski definition) is 0. The Morgan fingerprint density at radius 1 is 1.24 bits per heavy atom. The molecule has 0 aromatic heterocycles. The highest BCUT2D eigenvalue weighted by Gasteiger charge is 2.38. The van der Waals surface area contributed by atoms with E-state index in [0.29, 0.717) is 12.1 Å². The maximum Gasteiger partial charge on any atom is 0.237 e. The number of anilines is 1. The molecule has 25 heavy (non-hydrogen) atoms. The zero-order valence-electron chi connectivity index (χ0n) is 15.7. The Hall–Kier alpha value is -1.91. The van der Waals surface area contributed by atoms with Crippen molar-refractivity contribution in [1.82, 2.24) is 0 Å². The molecule has 1 aliphatic rings. The molecular weight excluding hydrogens is 313 g/mol. The normalized spacial score (nSPS) is 20.0. The van der Waals surface area contributed by atoms with E-state index in [0.717, 1.165) is 31.2 Å². The van der Waals surface area contributed by atoms with Gasteiger partial charge in [0.25, 0.3) is 0 Å². The van der Waals surface area contributed by atoms with Crippen LogP contribution in [-0.4, -0.2) is 25.3 Å². The van der Waals surface area contributed by atoms with Crippen molar-refractivity contribution < 1.29 is 14.4 Å². The number of amides is 2. The van der Waals surface area contributed by atoms with Gasteiger partial charge in [0.2, 0.25) is 11.8 Å². The van der Waals surface area contributed by atoms with Gasteiger partial charge in [0.15, 0.2) is 7.85 Å². The number of hydrogen-bond acceptors (Lipinski definition) is 3. The Kier molecular flexibility index (Phi) is 6.57. The van der Waals surface area contributed by atoms with Gasteiger partial charge in [-0.15, -0.1) is 0 Å². The van der Waals surface area contributed by atoms with Crippen LogP contribution in [0.3, 0.4) is 0 Å². The Bertz CT molecular complexity index is 641. The molecule has 1 fully saturated rings. The molecule has 1 aliphatic heterocycles. The van der Waals surface area contributed by atoms with Crippen molar-refractivity contribution in [2.45, 2.75) is 58.8 Å². The van der Waals surface area contributed by atoms with Crippen LogP contribution in [0.5, 0.6) is 0 Å². The molecule has 1 aromatic rings. The second kappa shape index (κ2) is 8.46. The molecule has 0 radical (unpaired) electrons. The third kappa shape index (κ3) is 4.59. The summed E-state index contributed by atoms with van der Waals surface area (Å²) >= 11 is 0. The molecule has 3 atom stereocenters. The molecule has 0 bridgehead atoms. The fraction of sp³-hybridized carbons (Fsp3) is 0.550. The number of unbranched alkanes of at least 4 members (excludes halogenated alkanes) is 1. The summed E-state index contributed by atoms with van der Waals surface area (Å²) in [5.41, 5.74) is 1.98. The van der Waals surface area contributed by atoms with E-state index < -0.39 is 0 Å². The lowest BCUT2D eigenvalue weighted by Crippen LogP contribution is -2.30. The van der Waals surface area contributed by atoms with Gasteiger partial charge in [-0.2, -0.15) is 0 Å². The van der Waals surface area contributed by atoms with Crippen LogP contribution in [0.15, 0.2) is 24.3 Å². The second-order valence-corrected chi connectivity index (χ2v) is 7.35. The molecule has 2 amide bonds. The van der Waals surface area contributed by atoms with Gasteiger partial charge in [-0.05, 0) is 36.5 Å². The van der Waals surface area contributed by atoms with Crippen LogP contribution in [0.25, 0.3) is 0 Å². The molecule has 3 unspecified atom stereocenters. The highest BCUT2D eigenvalue weighted by molar-refractivity contribution is 6.58. The van der Waals surface area contributed by atoms with Crippen LogP contribution in [0, 0.1) is 11.8 Å². The number of imide groups is 1. The lowest BCUT2D eigenvalue weighted by Gasteiger charge is -2.18. The van der Waals surface area contributed by atoms with Crippen molar-refractivity contribution in [3.8, 4) is 0 Å². The monoisotopic (exact) mass is 341 g/mol. The first kappa shape index (κ1) is 19.4. The highest BCUT2D eigenvalue weighted by atomic mass is 16.2. The van der Waals surface area contributed by atoms with Gasteiger partial charge in [0.1, 0.15) is 0 Å². The average molecular weight is 341 g/mol. The van der Waals surface area contributed by atoms with Gasteiger partial charge in [0.05, 0.1) is 11.4 Å². The van der Waals surface area contributed by atoms with Crippen LogP contribution in [0.2, 0.25) is 0 Å². The summed E-state index contributed by atoms with van der Waals surface area (Å²) < 4.78 is 0. The summed E-state index contributed by atoms with van der Waals surface area (Å²) in [4.78, 5) is 37.6. The van der Waals surface area contributed by atoms with E-state index in [1.54, 1.807) is 7.85 Å². The zero-order chi connectivity index (χ0) is 18.6. The predicted molar refractivity (Wildman–Crippen MR) is 102 cm³/mol. The molecule has 4 nitrogen and oxygen atoms in total. The van der Waals surface area contributed by atoms with Crippen molar-refractivity contribution in [2.75, 3.05) is 4.90 Å². The van der Waals surface area contributed by atoms with Gasteiger partial charge in [-0.1, -0.05) is 45.7 Å². The van der Waals surface area contributed by atoms with E-state index in [1.165, 1.54) is 4.90 Å². The number of rotatable bonds is 8. The van der Waals surface area contributed by atoms with Crippen molar-refractivity contribution in [2.24, 2.45) is 11.8 Å². The average Bonchev–Trinajstić information content (AvgIpc) is 2.86. The topological polar surface area (TPSA) is 54.5 Å². The first-order chi connectivity index (χ1) is 11.8. The molecule has 0 spiro atoms. The third-order valence-corrected chi connectivity index (χ3v) is 5.27. The summed E-state index contributed by atoms with van der Waals surface area (Å²) in [5, 5.41) is 0. The van der Waals surface area contributed by atoms with Crippen molar-refractivity contribution in [3.63, 3.8) is 0 Å². The molecule has 0 saturated carbocycles. The molecule has 1 saturated heterocycles. The van der Waals surface area contributed by atoms with Crippen LogP contribution in [0.4, 0.5) is 5.69 Å². The molecular formula is C20H28BNO3. The van der Waals surface area contributed by atoms with E-state index in [1.807, 2.05) is 31.2 Å². The van der Waals surface area contributed by atoms with Crippen LogP contribution >= 0.6 is 0 Å². The van der Waals surface area contributed by atoms with Gasteiger partial charge >= 0.3 is 0 Å². The quantitative estimate of drug-likeness (QED) is 0.539. The molecule has 0 N–H and O–H groups in total. The molecule has 5 heteroatoms. The molecule has 0 aliphatic carbocycles. The van der Waals surface area contributed by atoms with E-state index in [-0.39, 0.29) is 35.3 Å². The SMILES string of the molecule is BC(=O)C(C)CC(C)c1ccc(N2C(=O)CC(CCCC)C2=O)cc1. The molecule has 1 heterocycles. The predicted octanol–water partition coefficient (Wildman–Crippen LogP) is 3.05. The van der Waals surface area contributed by atoms with Gasteiger partial charge in [-0.25, -0.2) is 0 Å². The maximum absolute atomic E-state index is 12.5. The lowest BCUT2D eigenvalue weighted by molar-refractivity contribution is -0.122. The molecule has 134 valence electrons. The third-order valence-electron chi connectivity index (χ3n) is 5.27. The van der Waals surface area contributed by atoms with Crippen LogP contribution in [0.1, 0.15) is 64.4 Å². The minimum absolute atomic E-state index is 0.0377. The fourth-order valence-electron chi connectivity index (χ4n) is 3.43. The highest BCUT2D eigenvalue weighted by Crippen LogP contribution is 2.31. The Morgan fingerprint density at radius 2 is 1.88 bits per heavy atom. The summed E-state index contributed by atoms with van der Waals surface area (Å²) in [5.74, 6) is -0.0324. The maximum atomic E-state index is 12.5. The minimum Gasteiger partial charge on any atom is -0.312 e. The Labute approximate surface area is 151 Å². The van der Waals surface area contributed by atoms with Gasteiger partial charge in [0, 0.05) is 18.3 Å². The molecule has 2 rings (SSSR count). The van der Waals surface area contributed by atoms with E-state index >= 15 is 0 Å². The summed E-state index contributed by atoms with van der Waals surface area (Å²) in [6.07, 6.45) is 3.92. The number of carbonyl (C=O) groups is 3. The van der Waals surface area contributed by atoms with Crippen LogP contribution in [-0.2, 0) is 14.4 Å². The van der Waals surface area contributed by atoms with Gasteiger partial charge < -0.3 is 4.79 Å². The largest absolute Gasteiger partial charge is 0.312 e. The number of benzene rings is 1. The molecule has 1 aromatic carbocycles. The van der Waals surface area contributed by atoms with Crippen molar-refractivity contribution in [3.05, 3.63) is 29.8 Å².